The lowest BCUT2D eigenvalue weighted by molar-refractivity contribution is -0.118. The number of rotatable bonds is 6. The zero-order valence-electron chi connectivity index (χ0n) is 6.97. The summed E-state index contributed by atoms with van der Waals surface area (Å²) in [6.07, 6.45) is 1.64. The predicted molar refractivity (Wildman–Crippen MR) is 44.9 cm³/mol. The minimum Gasteiger partial charge on any atom is -0.322 e. The Morgan fingerprint density at radius 3 is 2.73 bits per heavy atom. The van der Waals surface area contributed by atoms with E-state index >= 15 is 0 Å². The monoisotopic (exact) mass is 159 g/mol. The molecule has 0 aromatic rings. The minimum atomic E-state index is -0.297. The normalized spacial score (nSPS) is 13.0. The lowest BCUT2D eigenvalue weighted by Gasteiger charge is -2.06. The van der Waals surface area contributed by atoms with Gasteiger partial charge in [-0.25, -0.2) is 0 Å². The van der Waals surface area contributed by atoms with E-state index in [1.165, 1.54) is 6.92 Å². The fourth-order valence-electron chi connectivity index (χ4n) is 0.752. The topological polar surface area (TPSA) is 81.1 Å². The highest BCUT2D eigenvalue weighted by molar-refractivity contribution is 5.80. The van der Waals surface area contributed by atoms with Crippen LogP contribution >= 0.6 is 0 Å². The average Bonchev–Trinajstić information content (AvgIpc) is 1.97. The van der Waals surface area contributed by atoms with Crippen LogP contribution in [0.15, 0.2) is 0 Å². The number of nitrogens with one attached hydrogen (secondary N) is 1. The highest BCUT2D eigenvalue weighted by Gasteiger charge is 2.05. The van der Waals surface area contributed by atoms with Crippen molar-refractivity contribution in [1.29, 1.82) is 0 Å². The first-order chi connectivity index (χ1) is 5.18. The van der Waals surface area contributed by atoms with Crippen LogP contribution in [0.4, 0.5) is 0 Å². The van der Waals surface area contributed by atoms with Gasteiger partial charge in [0.1, 0.15) is 5.78 Å². The van der Waals surface area contributed by atoms with Gasteiger partial charge >= 0.3 is 0 Å². The second-order valence-corrected chi connectivity index (χ2v) is 2.56. The van der Waals surface area contributed by atoms with E-state index < -0.39 is 0 Å². The molecule has 0 aliphatic carbocycles. The van der Waals surface area contributed by atoms with Crippen molar-refractivity contribution in [2.24, 2.45) is 11.5 Å². The summed E-state index contributed by atoms with van der Waals surface area (Å²) in [5.74, 6) is 0.0535. The van der Waals surface area contributed by atoms with Crippen molar-refractivity contribution in [3.63, 3.8) is 0 Å². The molecule has 5 N–H and O–H groups in total. The minimum absolute atomic E-state index is 0.0535. The van der Waals surface area contributed by atoms with E-state index in [0.29, 0.717) is 6.67 Å². The summed E-state index contributed by atoms with van der Waals surface area (Å²) in [6, 6.07) is -0.297. The van der Waals surface area contributed by atoms with Crippen LogP contribution in [0.2, 0.25) is 0 Å². The Morgan fingerprint density at radius 2 is 2.27 bits per heavy atom. The van der Waals surface area contributed by atoms with Crippen LogP contribution in [0.1, 0.15) is 19.8 Å². The molecule has 4 heteroatoms. The quantitative estimate of drug-likeness (QED) is 0.350. The first-order valence-corrected chi connectivity index (χ1v) is 3.85. The van der Waals surface area contributed by atoms with Gasteiger partial charge in [0.15, 0.2) is 0 Å². The Morgan fingerprint density at radius 1 is 1.64 bits per heavy atom. The molecular formula is C7H17N3O. The molecule has 66 valence electrons. The summed E-state index contributed by atoms with van der Waals surface area (Å²) in [6.45, 7) is 2.83. The van der Waals surface area contributed by atoms with Gasteiger partial charge in [-0.05, 0) is 26.3 Å². The largest absolute Gasteiger partial charge is 0.322 e. The lowest BCUT2D eigenvalue weighted by atomic mass is 10.1. The molecule has 0 rings (SSSR count). The smallest absolute Gasteiger partial charge is 0.146 e. The van der Waals surface area contributed by atoms with Gasteiger partial charge in [-0.1, -0.05) is 0 Å². The van der Waals surface area contributed by atoms with Crippen molar-refractivity contribution in [2.45, 2.75) is 25.8 Å². The SMILES string of the molecule is CC(=O)C(N)CCCNCN. The number of Topliss-reactive ketones (excluding diaryl/α,β-unsaturated/α-hetero) is 1. The third kappa shape index (κ3) is 5.97. The molecule has 0 fully saturated rings. The Kier molecular flexibility index (Phi) is 6.02. The number of carbonyl (C=O) groups excluding carboxylic acids is 1. The Hall–Kier alpha value is -0.450. The molecule has 0 bridgehead atoms. The summed E-state index contributed by atoms with van der Waals surface area (Å²) < 4.78 is 0. The van der Waals surface area contributed by atoms with Crippen LogP contribution in [0.25, 0.3) is 0 Å². The van der Waals surface area contributed by atoms with Gasteiger partial charge in [0.25, 0.3) is 0 Å². The van der Waals surface area contributed by atoms with E-state index in [1.807, 2.05) is 0 Å². The average molecular weight is 159 g/mol. The molecule has 0 saturated carbocycles. The van der Waals surface area contributed by atoms with E-state index in [9.17, 15) is 4.79 Å². The van der Waals surface area contributed by atoms with Crippen LogP contribution in [0, 0.1) is 0 Å². The molecular weight excluding hydrogens is 142 g/mol. The number of carbonyl (C=O) groups is 1. The summed E-state index contributed by atoms with van der Waals surface area (Å²) in [7, 11) is 0. The molecule has 0 radical (unpaired) electrons. The molecule has 0 aliphatic heterocycles. The molecule has 1 unspecified atom stereocenters. The molecule has 0 aromatic heterocycles. The molecule has 4 nitrogen and oxygen atoms in total. The van der Waals surface area contributed by atoms with Gasteiger partial charge in [0.05, 0.1) is 6.04 Å². The van der Waals surface area contributed by atoms with Crippen molar-refractivity contribution in [3.8, 4) is 0 Å². The van der Waals surface area contributed by atoms with Crippen LogP contribution in [0.5, 0.6) is 0 Å². The van der Waals surface area contributed by atoms with E-state index in [1.54, 1.807) is 0 Å². The van der Waals surface area contributed by atoms with E-state index in [4.69, 9.17) is 11.5 Å². The summed E-state index contributed by atoms with van der Waals surface area (Å²) in [5, 5.41) is 2.95. The van der Waals surface area contributed by atoms with Crippen LogP contribution in [-0.4, -0.2) is 25.0 Å². The standard InChI is InChI=1S/C7H17N3O/c1-6(11)7(9)3-2-4-10-5-8/h7,10H,2-5,8-9H2,1H3. The zero-order chi connectivity index (χ0) is 8.69. The van der Waals surface area contributed by atoms with Gasteiger partial charge in [-0.3, -0.25) is 4.79 Å². The van der Waals surface area contributed by atoms with Crippen molar-refractivity contribution >= 4 is 5.78 Å². The molecule has 0 heterocycles. The van der Waals surface area contributed by atoms with Gasteiger partial charge in [-0.15, -0.1) is 0 Å². The van der Waals surface area contributed by atoms with Gasteiger partial charge in [0, 0.05) is 6.67 Å². The molecule has 11 heavy (non-hydrogen) atoms. The van der Waals surface area contributed by atoms with Crippen LogP contribution < -0.4 is 16.8 Å². The van der Waals surface area contributed by atoms with Crippen molar-refractivity contribution in [2.75, 3.05) is 13.2 Å². The first kappa shape index (κ1) is 10.6. The molecule has 0 aliphatic rings. The fourth-order valence-corrected chi connectivity index (χ4v) is 0.752. The fraction of sp³-hybridized carbons (Fsp3) is 0.857. The van der Waals surface area contributed by atoms with E-state index in [0.717, 1.165) is 19.4 Å². The Bertz CT molecular complexity index is 116. The second-order valence-electron chi connectivity index (χ2n) is 2.56. The maximum atomic E-state index is 10.6. The number of hydrogen-bond donors (Lipinski definition) is 3. The Labute approximate surface area is 67.3 Å². The van der Waals surface area contributed by atoms with Crippen molar-refractivity contribution < 1.29 is 4.79 Å². The molecule has 1 atom stereocenters. The van der Waals surface area contributed by atoms with E-state index in [-0.39, 0.29) is 11.8 Å². The second kappa shape index (κ2) is 6.27. The molecule has 0 saturated heterocycles. The van der Waals surface area contributed by atoms with Gasteiger partial charge < -0.3 is 16.8 Å². The molecule has 0 spiro atoms. The number of ketones is 1. The Balaban J connectivity index is 3.17. The highest BCUT2D eigenvalue weighted by Crippen LogP contribution is 1.93. The lowest BCUT2D eigenvalue weighted by Crippen LogP contribution is -2.30. The number of nitrogens with two attached hydrogens (primary N) is 2. The maximum Gasteiger partial charge on any atom is 0.146 e. The van der Waals surface area contributed by atoms with Gasteiger partial charge in [0.2, 0.25) is 0 Å². The first-order valence-electron chi connectivity index (χ1n) is 3.85. The summed E-state index contributed by atoms with van der Waals surface area (Å²) in [5.41, 5.74) is 10.7. The zero-order valence-corrected chi connectivity index (χ0v) is 6.97. The van der Waals surface area contributed by atoms with Crippen molar-refractivity contribution in [3.05, 3.63) is 0 Å². The highest BCUT2D eigenvalue weighted by atomic mass is 16.1. The summed E-state index contributed by atoms with van der Waals surface area (Å²) in [4.78, 5) is 10.6. The summed E-state index contributed by atoms with van der Waals surface area (Å²) >= 11 is 0. The van der Waals surface area contributed by atoms with Crippen molar-refractivity contribution in [1.82, 2.24) is 5.32 Å². The van der Waals surface area contributed by atoms with Crippen LogP contribution in [-0.2, 0) is 4.79 Å². The maximum absolute atomic E-state index is 10.6. The van der Waals surface area contributed by atoms with Gasteiger partial charge in [-0.2, -0.15) is 0 Å². The molecule has 0 amide bonds. The predicted octanol–water partition coefficient (Wildman–Crippen LogP) is -0.811. The third-order valence-corrected chi connectivity index (χ3v) is 1.54. The molecule has 0 aromatic carbocycles. The van der Waals surface area contributed by atoms with E-state index in [2.05, 4.69) is 5.32 Å². The number of hydrogen-bond acceptors (Lipinski definition) is 4. The van der Waals surface area contributed by atoms with Crippen LogP contribution in [0.3, 0.4) is 0 Å². The third-order valence-electron chi connectivity index (χ3n) is 1.54.